The van der Waals surface area contributed by atoms with E-state index < -0.39 is 0 Å². The van der Waals surface area contributed by atoms with Gasteiger partial charge in [-0.25, -0.2) is 0 Å². The number of halogens is 1. The Morgan fingerprint density at radius 2 is 2.33 bits per heavy atom. The molecule has 1 aromatic rings. The van der Waals surface area contributed by atoms with Crippen LogP contribution in [0.3, 0.4) is 0 Å². The Bertz CT molecular complexity index is 476. The maximum atomic E-state index is 12.4. The van der Waals surface area contributed by atoms with Crippen molar-refractivity contribution in [2.75, 3.05) is 33.4 Å². The van der Waals surface area contributed by atoms with Crippen molar-refractivity contribution in [2.24, 2.45) is 0 Å². The van der Waals surface area contributed by atoms with E-state index in [2.05, 4.69) is 10.6 Å². The van der Waals surface area contributed by atoms with Gasteiger partial charge in [0.1, 0.15) is 12.4 Å². The number of ether oxygens (including phenoxy) is 2. The van der Waals surface area contributed by atoms with Crippen molar-refractivity contribution < 1.29 is 14.3 Å². The van der Waals surface area contributed by atoms with Crippen LogP contribution in [-0.2, 0) is 4.74 Å². The molecule has 0 saturated carbocycles. The van der Waals surface area contributed by atoms with Crippen LogP contribution in [0, 0.1) is 0 Å². The molecule has 1 fully saturated rings. The minimum absolute atomic E-state index is 0.150. The second kappa shape index (κ2) is 8.22. The fourth-order valence-corrected chi connectivity index (χ4v) is 2.45. The molecule has 0 aromatic heterocycles. The quantitative estimate of drug-likeness (QED) is 0.787. The first-order valence-corrected chi connectivity index (χ1v) is 7.51. The van der Waals surface area contributed by atoms with E-state index in [1.807, 2.05) is 0 Å². The summed E-state index contributed by atoms with van der Waals surface area (Å²) in [6.07, 6.45) is 2.05. The first kappa shape index (κ1) is 16.1. The van der Waals surface area contributed by atoms with Gasteiger partial charge in [0, 0.05) is 24.7 Å². The molecule has 1 heterocycles. The fourth-order valence-electron chi connectivity index (χ4n) is 2.28. The maximum absolute atomic E-state index is 12.4. The summed E-state index contributed by atoms with van der Waals surface area (Å²) in [4.78, 5) is 12.4. The number of methoxy groups -OCH3 is 1. The summed E-state index contributed by atoms with van der Waals surface area (Å²) in [5.74, 6) is 0.372. The second-order valence-corrected chi connectivity index (χ2v) is 5.43. The zero-order valence-corrected chi connectivity index (χ0v) is 12.9. The smallest absolute Gasteiger partial charge is 0.255 e. The molecule has 2 rings (SSSR count). The van der Waals surface area contributed by atoms with Gasteiger partial charge in [-0.3, -0.25) is 4.79 Å². The molecule has 21 heavy (non-hydrogen) atoms. The lowest BCUT2D eigenvalue weighted by atomic mass is 10.1. The Balaban J connectivity index is 2.04. The number of nitrogens with one attached hydrogen (secondary N) is 2. The van der Waals surface area contributed by atoms with Crippen molar-refractivity contribution in [1.29, 1.82) is 0 Å². The van der Waals surface area contributed by atoms with Crippen LogP contribution in [-0.4, -0.2) is 45.4 Å². The van der Waals surface area contributed by atoms with E-state index in [9.17, 15) is 4.79 Å². The van der Waals surface area contributed by atoms with E-state index in [1.54, 1.807) is 25.3 Å². The van der Waals surface area contributed by atoms with Gasteiger partial charge in [-0.15, -0.1) is 0 Å². The van der Waals surface area contributed by atoms with E-state index in [4.69, 9.17) is 21.1 Å². The molecule has 0 spiro atoms. The number of carbonyl (C=O) groups is 1. The van der Waals surface area contributed by atoms with E-state index in [-0.39, 0.29) is 11.9 Å². The van der Waals surface area contributed by atoms with Crippen molar-refractivity contribution in [3.05, 3.63) is 28.8 Å². The van der Waals surface area contributed by atoms with Gasteiger partial charge in [-0.05, 0) is 37.6 Å². The normalized spacial score (nSPS) is 18.3. The number of rotatable bonds is 6. The van der Waals surface area contributed by atoms with Crippen LogP contribution >= 0.6 is 11.6 Å². The molecule has 1 aliphatic rings. The molecular formula is C15H21ClN2O3. The predicted molar refractivity (Wildman–Crippen MR) is 82.2 cm³/mol. The molecule has 116 valence electrons. The van der Waals surface area contributed by atoms with Gasteiger partial charge in [0.2, 0.25) is 0 Å². The predicted octanol–water partition coefficient (Wildman–Crippen LogP) is 1.85. The average Bonchev–Trinajstić information content (AvgIpc) is 2.50. The van der Waals surface area contributed by atoms with Gasteiger partial charge in [-0.2, -0.15) is 0 Å². The summed E-state index contributed by atoms with van der Waals surface area (Å²) < 4.78 is 10.5. The summed E-state index contributed by atoms with van der Waals surface area (Å²) in [6, 6.07) is 5.21. The standard InChI is InChI=1S/C15H21ClN2O3/c1-20-7-8-21-14-5-4-11(16)9-13(14)15(19)18-12-3-2-6-17-10-12/h4-5,9,12,17H,2-3,6-8,10H2,1H3,(H,18,19)/t12-/m0/s1. The SMILES string of the molecule is COCCOc1ccc(Cl)cc1C(=O)N[C@H]1CCCNC1. The maximum Gasteiger partial charge on any atom is 0.255 e. The highest BCUT2D eigenvalue weighted by molar-refractivity contribution is 6.31. The summed E-state index contributed by atoms with van der Waals surface area (Å²) in [5.41, 5.74) is 0.462. The molecule has 0 bridgehead atoms. The first-order chi connectivity index (χ1) is 10.2. The number of piperidine rings is 1. The zero-order valence-electron chi connectivity index (χ0n) is 12.2. The minimum atomic E-state index is -0.154. The molecular weight excluding hydrogens is 292 g/mol. The fraction of sp³-hybridized carbons (Fsp3) is 0.533. The van der Waals surface area contributed by atoms with Crippen molar-refractivity contribution in [3.63, 3.8) is 0 Å². The van der Waals surface area contributed by atoms with Crippen LogP contribution in [0.15, 0.2) is 18.2 Å². The van der Waals surface area contributed by atoms with E-state index in [0.717, 1.165) is 25.9 Å². The summed E-state index contributed by atoms with van der Waals surface area (Å²) in [6.45, 7) is 2.67. The molecule has 5 nitrogen and oxygen atoms in total. The third-order valence-corrected chi connectivity index (χ3v) is 3.60. The molecule has 0 unspecified atom stereocenters. The molecule has 1 aliphatic heterocycles. The lowest BCUT2D eigenvalue weighted by Gasteiger charge is -2.24. The molecule has 2 N–H and O–H groups in total. The highest BCUT2D eigenvalue weighted by Crippen LogP contribution is 2.23. The van der Waals surface area contributed by atoms with Crippen molar-refractivity contribution in [1.82, 2.24) is 10.6 Å². The van der Waals surface area contributed by atoms with Gasteiger partial charge in [0.15, 0.2) is 0 Å². The largest absolute Gasteiger partial charge is 0.490 e. The van der Waals surface area contributed by atoms with Crippen LogP contribution < -0.4 is 15.4 Å². The van der Waals surface area contributed by atoms with Gasteiger partial charge >= 0.3 is 0 Å². The number of carbonyl (C=O) groups excluding carboxylic acids is 1. The lowest BCUT2D eigenvalue weighted by molar-refractivity contribution is 0.0923. The van der Waals surface area contributed by atoms with Crippen molar-refractivity contribution in [2.45, 2.75) is 18.9 Å². The molecule has 6 heteroatoms. The zero-order chi connectivity index (χ0) is 15.1. The molecule has 0 radical (unpaired) electrons. The van der Waals surface area contributed by atoms with Gasteiger partial charge in [-0.1, -0.05) is 11.6 Å². The molecule has 1 amide bonds. The van der Waals surface area contributed by atoms with Crippen molar-refractivity contribution >= 4 is 17.5 Å². The van der Waals surface area contributed by atoms with Crippen LogP contribution in [0.25, 0.3) is 0 Å². The molecule has 1 aromatic carbocycles. The Morgan fingerprint density at radius 3 is 3.05 bits per heavy atom. The highest BCUT2D eigenvalue weighted by atomic mass is 35.5. The summed E-state index contributed by atoms with van der Waals surface area (Å²) in [7, 11) is 1.61. The van der Waals surface area contributed by atoms with Gasteiger partial charge in [0.05, 0.1) is 12.2 Å². The highest BCUT2D eigenvalue weighted by Gasteiger charge is 2.19. The van der Waals surface area contributed by atoms with Crippen molar-refractivity contribution in [3.8, 4) is 5.75 Å². The lowest BCUT2D eigenvalue weighted by Crippen LogP contribution is -2.45. The average molecular weight is 313 g/mol. The number of amides is 1. The Morgan fingerprint density at radius 1 is 1.48 bits per heavy atom. The Hall–Kier alpha value is -1.30. The molecule has 1 atom stereocenters. The van der Waals surface area contributed by atoms with Crippen LogP contribution in [0.4, 0.5) is 0 Å². The number of hydrogen-bond donors (Lipinski definition) is 2. The van der Waals surface area contributed by atoms with Crippen LogP contribution in [0.5, 0.6) is 5.75 Å². The Labute approximate surface area is 130 Å². The van der Waals surface area contributed by atoms with Gasteiger partial charge < -0.3 is 20.1 Å². The van der Waals surface area contributed by atoms with E-state index >= 15 is 0 Å². The topological polar surface area (TPSA) is 59.6 Å². The molecule has 1 saturated heterocycles. The van der Waals surface area contributed by atoms with Gasteiger partial charge in [0.25, 0.3) is 5.91 Å². The number of benzene rings is 1. The minimum Gasteiger partial charge on any atom is -0.490 e. The first-order valence-electron chi connectivity index (χ1n) is 7.13. The van der Waals surface area contributed by atoms with Crippen LogP contribution in [0.2, 0.25) is 5.02 Å². The van der Waals surface area contributed by atoms with E-state index in [0.29, 0.717) is 29.5 Å². The van der Waals surface area contributed by atoms with Crippen LogP contribution in [0.1, 0.15) is 23.2 Å². The number of hydrogen-bond acceptors (Lipinski definition) is 4. The third-order valence-electron chi connectivity index (χ3n) is 3.36. The summed E-state index contributed by atoms with van der Waals surface area (Å²) >= 11 is 5.99. The third kappa shape index (κ3) is 4.88. The van der Waals surface area contributed by atoms with E-state index in [1.165, 1.54) is 0 Å². The summed E-state index contributed by atoms with van der Waals surface area (Å²) in [5, 5.41) is 6.81. The second-order valence-electron chi connectivity index (χ2n) is 5.00. The monoisotopic (exact) mass is 312 g/mol. The Kier molecular flexibility index (Phi) is 6.29. The molecule has 0 aliphatic carbocycles.